The molecule has 2 rings (SSSR count). The first-order valence-corrected chi connectivity index (χ1v) is 5.54. The van der Waals surface area contributed by atoms with Gasteiger partial charge in [-0.25, -0.2) is 9.37 Å². The van der Waals surface area contributed by atoms with Crippen molar-refractivity contribution in [3.8, 4) is 11.6 Å². The van der Waals surface area contributed by atoms with E-state index in [1.807, 2.05) is 0 Å². The number of rotatable bonds is 3. The van der Waals surface area contributed by atoms with E-state index in [1.165, 1.54) is 37.4 Å². The Hall–Kier alpha value is -1.94. The quantitative estimate of drug-likeness (QED) is 0.791. The van der Waals surface area contributed by atoms with Crippen molar-refractivity contribution < 1.29 is 13.9 Å². The van der Waals surface area contributed by atoms with Gasteiger partial charge in [0.05, 0.1) is 5.02 Å². The van der Waals surface area contributed by atoms with Crippen LogP contribution in [0.4, 0.5) is 4.39 Å². The summed E-state index contributed by atoms with van der Waals surface area (Å²) in [7, 11) is 0. The highest BCUT2D eigenvalue weighted by atomic mass is 35.5. The van der Waals surface area contributed by atoms with Crippen LogP contribution < -0.4 is 4.74 Å². The van der Waals surface area contributed by atoms with Crippen LogP contribution in [0.1, 0.15) is 17.3 Å². The molecule has 1 heterocycles. The number of halogens is 2. The average Bonchev–Trinajstić information content (AvgIpc) is 2.34. The Morgan fingerprint density at radius 1 is 1.33 bits per heavy atom. The zero-order valence-electron chi connectivity index (χ0n) is 9.48. The van der Waals surface area contributed by atoms with E-state index in [9.17, 15) is 9.18 Å². The third-order valence-electron chi connectivity index (χ3n) is 2.25. The van der Waals surface area contributed by atoms with Crippen molar-refractivity contribution in [2.24, 2.45) is 0 Å². The first-order valence-electron chi connectivity index (χ1n) is 5.16. The van der Waals surface area contributed by atoms with Crippen LogP contribution in [-0.2, 0) is 0 Å². The molecule has 0 fully saturated rings. The summed E-state index contributed by atoms with van der Waals surface area (Å²) >= 11 is 5.63. The van der Waals surface area contributed by atoms with Crippen LogP contribution in [0.25, 0.3) is 0 Å². The zero-order chi connectivity index (χ0) is 13.1. The van der Waals surface area contributed by atoms with Gasteiger partial charge in [0.2, 0.25) is 5.88 Å². The van der Waals surface area contributed by atoms with Crippen LogP contribution in [0.15, 0.2) is 36.5 Å². The van der Waals surface area contributed by atoms with Gasteiger partial charge in [-0.15, -0.1) is 0 Å². The molecule has 0 saturated carbocycles. The van der Waals surface area contributed by atoms with Gasteiger partial charge in [0.15, 0.2) is 5.78 Å². The Balaban J connectivity index is 2.25. The highest BCUT2D eigenvalue weighted by molar-refractivity contribution is 6.30. The van der Waals surface area contributed by atoms with Gasteiger partial charge in [0, 0.05) is 23.9 Å². The maximum absolute atomic E-state index is 13.0. The van der Waals surface area contributed by atoms with Crippen molar-refractivity contribution in [3.05, 3.63) is 52.9 Å². The third kappa shape index (κ3) is 2.84. The number of carbonyl (C=O) groups is 1. The Morgan fingerprint density at radius 3 is 2.78 bits per heavy atom. The van der Waals surface area contributed by atoms with Gasteiger partial charge in [-0.05, 0) is 25.1 Å². The van der Waals surface area contributed by atoms with E-state index >= 15 is 0 Å². The lowest BCUT2D eigenvalue weighted by Crippen LogP contribution is -1.95. The zero-order valence-corrected chi connectivity index (χ0v) is 10.2. The normalized spacial score (nSPS) is 10.2. The maximum atomic E-state index is 13.0. The molecule has 0 bridgehead atoms. The SMILES string of the molecule is CC(=O)c1ccnc(Oc2ccc(F)c(Cl)c2)c1. The Morgan fingerprint density at radius 2 is 2.11 bits per heavy atom. The second-order valence-electron chi connectivity index (χ2n) is 3.62. The molecular weight excluding hydrogens is 257 g/mol. The number of carbonyl (C=O) groups excluding carboxylic acids is 1. The fourth-order valence-corrected chi connectivity index (χ4v) is 1.52. The molecule has 1 aromatic heterocycles. The summed E-state index contributed by atoms with van der Waals surface area (Å²) in [4.78, 5) is 15.2. The van der Waals surface area contributed by atoms with Crippen LogP contribution >= 0.6 is 11.6 Å². The van der Waals surface area contributed by atoms with Crippen LogP contribution in [-0.4, -0.2) is 10.8 Å². The minimum atomic E-state index is -0.519. The van der Waals surface area contributed by atoms with Crippen LogP contribution in [0, 0.1) is 5.82 Å². The smallest absolute Gasteiger partial charge is 0.219 e. The topological polar surface area (TPSA) is 39.2 Å². The summed E-state index contributed by atoms with van der Waals surface area (Å²) in [5.74, 6) is 0.00817. The van der Waals surface area contributed by atoms with E-state index in [0.29, 0.717) is 11.3 Å². The first-order chi connectivity index (χ1) is 8.56. The van der Waals surface area contributed by atoms with E-state index in [2.05, 4.69) is 4.98 Å². The summed E-state index contributed by atoms with van der Waals surface area (Å²) in [6.45, 7) is 1.45. The molecule has 1 aromatic carbocycles. The minimum Gasteiger partial charge on any atom is -0.439 e. The van der Waals surface area contributed by atoms with Gasteiger partial charge >= 0.3 is 0 Å². The number of ether oxygens (including phenoxy) is 1. The van der Waals surface area contributed by atoms with E-state index in [-0.39, 0.29) is 16.7 Å². The van der Waals surface area contributed by atoms with Gasteiger partial charge < -0.3 is 4.74 Å². The number of nitrogens with zero attached hydrogens (tertiary/aromatic N) is 1. The molecule has 0 N–H and O–H groups in total. The monoisotopic (exact) mass is 265 g/mol. The molecule has 0 unspecified atom stereocenters. The number of hydrogen-bond donors (Lipinski definition) is 0. The largest absolute Gasteiger partial charge is 0.439 e. The predicted octanol–water partition coefficient (Wildman–Crippen LogP) is 3.87. The average molecular weight is 266 g/mol. The lowest BCUT2D eigenvalue weighted by atomic mass is 10.2. The summed E-state index contributed by atoms with van der Waals surface area (Å²) in [6, 6.07) is 7.08. The summed E-state index contributed by atoms with van der Waals surface area (Å²) in [5.41, 5.74) is 0.494. The van der Waals surface area contributed by atoms with Crippen LogP contribution in [0.5, 0.6) is 11.6 Å². The summed E-state index contributed by atoms with van der Waals surface area (Å²) < 4.78 is 18.4. The van der Waals surface area contributed by atoms with Crippen molar-refractivity contribution in [3.63, 3.8) is 0 Å². The predicted molar refractivity (Wildman–Crippen MR) is 65.7 cm³/mol. The molecule has 0 radical (unpaired) electrons. The minimum absolute atomic E-state index is 0.0322. The van der Waals surface area contributed by atoms with Gasteiger partial charge in [0.25, 0.3) is 0 Å². The molecule has 0 saturated heterocycles. The van der Waals surface area contributed by atoms with Crippen molar-refractivity contribution in [1.29, 1.82) is 0 Å². The standard InChI is InChI=1S/C13H9ClFNO2/c1-8(17)9-4-5-16-13(6-9)18-10-2-3-12(15)11(14)7-10/h2-7H,1H3. The molecule has 3 nitrogen and oxygen atoms in total. The fourth-order valence-electron chi connectivity index (χ4n) is 1.35. The molecule has 18 heavy (non-hydrogen) atoms. The Kier molecular flexibility index (Phi) is 3.58. The van der Waals surface area contributed by atoms with Crippen molar-refractivity contribution >= 4 is 17.4 Å². The highest BCUT2D eigenvalue weighted by Gasteiger charge is 2.06. The fraction of sp³-hybridized carbons (Fsp3) is 0.0769. The summed E-state index contributed by atoms with van der Waals surface area (Å²) in [6.07, 6.45) is 1.47. The van der Waals surface area contributed by atoms with Gasteiger partial charge in [-0.1, -0.05) is 11.6 Å². The lowest BCUT2D eigenvalue weighted by molar-refractivity contribution is 0.101. The molecule has 0 aliphatic rings. The first kappa shape index (κ1) is 12.5. The molecule has 0 spiro atoms. The number of pyridine rings is 1. The van der Waals surface area contributed by atoms with Crippen LogP contribution in [0.2, 0.25) is 5.02 Å². The van der Waals surface area contributed by atoms with E-state index in [4.69, 9.17) is 16.3 Å². The van der Waals surface area contributed by atoms with Gasteiger partial charge in [-0.2, -0.15) is 0 Å². The maximum Gasteiger partial charge on any atom is 0.219 e. The van der Waals surface area contributed by atoms with Crippen molar-refractivity contribution in [2.75, 3.05) is 0 Å². The van der Waals surface area contributed by atoms with E-state index in [0.717, 1.165) is 0 Å². The second kappa shape index (κ2) is 5.14. The Bertz CT molecular complexity index is 601. The highest BCUT2D eigenvalue weighted by Crippen LogP contribution is 2.25. The van der Waals surface area contributed by atoms with Gasteiger partial charge in [0.1, 0.15) is 11.6 Å². The van der Waals surface area contributed by atoms with E-state index < -0.39 is 5.82 Å². The molecule has 5 heteroatoms. The number of aromatic nitrogens is 1. The van der Waals surface area contributed by atoms with Crippen molar-refractivity contribution in [1.82, 2.24) is 4.98 Å². The molecule has 0 amide bonds. The number of benzene rings is 1. The third-order valence-corrected chi connectivity index (χ3v) is 2.54. The molecule has 0 aliphatic carbocycles. The number of hydrogen-bond acceptors (Lipinski definition) is 3. The lowest BCUT2D eigenvalue weighted by Gasteiger charge is -2.06. The van der Waals surface area contributed by atoms with E-state index in [1.54, 1.807) is 6.07 Å². The molecule has 92 valence electrons. The number of Topliss-reactive ketones (excluding diaryl/α,β-unsaturated/α-hetero) is 1. The molecule has 0 aliphatic heterocycles. The van der Waals surface area contributed by atoms with Crippen LogP contribution in [0.3, 0.4) is 0 Å². The molecular formula is C13H9ClFNO2. The van der Waals surface area contributed by atoms with Crippen molar-refractivity contribution in [2.45, 2.75) is 6.92 Å². The summed E-state index contributed by atoms with van der Waals surface area (Å²) in [5, 5.41) is -0.0322. The second-order valence-corrected chi connectivity index (χ2v) is 4.02. The number of ketones is 1. The molecule has 0 atom stereocenters. The van der Waals surface area contributed by atoms with Gasteiger partial charge in [-0.3, -0.25) is 4.79 Å². The molecule has 2 aromatic rings. The Labute approximate surface area is 108 Å².